The number of aryl methyl sites for hydroxylation is 1. The Kier molecular flexibility index (Phi) is 5.26. The maximum Gasteiger partial charge on any atom is 0.137 e. The van der Waals surface area contributed by atoms with Gasteiger partial charge in [0.1, 0.15) is 5.82 Å². The van der Waals surface area contributed by atoms with Crippen molar-refractivity contribution in [3.8, 4) is 0 Å². The number of hydrogen-bond acceptors (Lipinski definition) is 2. The quantitative estimate of drug-likeness (QED) is 0.876. The topological polar surface area (TPSA) is 24.9 Å². The summed E-state index contributed by atoms with van der Waals surface area (Å²) in [6.07, 6.45) is 4.67. The predicted molar refractivity (Wildman–Crippen MR) is 83.2 cm³/mol. The molecule has 0 aliphatic carbocycles. The van der Waals surface area contributed by atoms with Gasteiger partial charge in [-0.2, -0.15) is 0 Å². The van der Waals surface area contributed by atoms with Crippen molar-refractivity contribution < 1.29 is 4.39 Å². The van der Waals surface area contributed by atoms with Crippen molar-refractivity contribution in [1.29, 1.82) is 0 Å². The lowest BCUT2D eigenvalue weighted by atomic mass is 9.99. The van der Waals surface area contributed by atoms with Crippen LogP contribution in [-0.2, 0) is 0 Å². The van der Waals surface area contributed by atoms with Gasteiger partial charge < -0.3 is 5.32 Å². The fraction of sp³-hybridized carbons (Fsp3) is 0.312. The van der Waals surface area contributed by atoms with Crippen LogP contribution in [0, 0.1) is 12.7 Å². The van der Waals surface area contributed by atoms with Crippen LogP contribution in [0.3, 0.4) is 0 Å². The van der Waals surface area contributed by atoms with Crippen LogP contribution < -0.4 is 5.32 Å². The van der Waals surface area contributed by atoms with Gasteiger partial charge in [0.15, 0.2) is 0 Å². The van der Waals surface area contributed by atoms with Crippen molar-refractivity contribution in [1.82, 2.24) is 10.3 Å². The summed E-state index contributed by atoms with van der Waals surface area (Å²) in [7, 11) is 0. The van der Waals surface area contributed by atoms with E-state index in [0.29, 0.717) is 4.47 Å². The molecule has 0 saturated carbocycles. The number of pyridine rings is 1. The van der Waals surface area contributed by atoms with E-state index in [2.05, 4.69) is 39.2 Å². The fourth-order valence-corrected chi connectivity index (χ4v) is 2.67. The largest absolute Gasteiger partial charge is 0.306 e. The van der Waals surface area contributed by atoms with Gasteiger partial charge in [-0.3, -0.25) is 4.98 Å². The Hall–Kier alpha value is -1.26. The molecule has 0 spiro atoms. The summed E-state index contributed by atoms with van der Waals surface area (Å²) in [6, 6.07) is 7.14. The van der Waals surface area contributed by atoms with E-state index in [9.17, 15) is 4.39 Å². The molecule has 2 rings (SSSR count). The summed E-state index contributed by atoms with van der Waals surface area (Å²) in [4.78, 5) is 4.24. The molecular weight excluding hydrogens is 319 g/mol. The van der Waals surface area contributed by atoms with E-state index in [-0.39, 0.29) is 11.9 Å². The molecule has 1 aromatic heterocycles. The molecule has 0 radical (unpaired) electrons. The third-order valence-corrected chi connectivity index (χ3v) is 3.96. The number of aromatic nitrogens is 1. The number of nitrogens with zero attached hydrogens (tertiary/aromatic N) is 1. The van der Waals surface area contributed by atoms with Crippen molar-refractivity contribution >= 4 is 15.9 Å². The van der Waals surface area contributed by atoms with Crippen LogP contribution in [0.15, 0.2) is 41.1 Å². The van der Waals surface area contributed by atoms with Gasteiger partial charge in [-0.05, 0) is 58.6 Å². The lowest BCUT2D eigenvalue weighted by Gasteiger charge is -2.21. The van der Waals surface area contributed by atoms with E-state index in [1.54, 1.807) is 6.07 Å². The highest BCUT2D eigenvalue weighted by Crippen LogP contribution is 2.30. The molecular formula is C16H18BrFN2. The zero-order valence-corrected chi connectivity index (χ0v) is 13.2. The van der Waals surface area contributed by atoms with Crippen LogP contribution in [0.5, 0.6) is 0 Å². The average Bonchev–Trinajstić information content (AvgIpc) is 2.44. The molecule has 1 atom stereocenters. The van der Waals surface area contributed by atoms with Crippen LogP contribution in [0.1, 0.15) is 36.1 Å². The first-order valence-electron chi connectivity index (χ1n) is 6.72. The number of nitrogens with one attached hydrogen (secondary N) is 1. The molecule has 0 bridgehead atoms. The molecule has 2 nitrogen and oxygen atoms in total. The van der Waals surface area contributed by atoms with E-state index in [4.69, 9.17) is 0 Å². The van der Waals surface area contributed by atoms with Crippen molar-refractivity contribution in [2.75, 3.05) is 6.54 Å². The van der Waals surface area contributed by atoms with Crippen molar-refractivity contribution in [2.24, 2.45) is 0 Å². The zero-order valence-electron chi connectivity index (χ0n) is 11.7. The Labute approximate surface area is 127 Å². The third-order valence-electron chi connectivity index (χ3n) is 3.12. The van der Waals surface area contributed by atoms with Gasteiger partial charge in [-0.1, -0.05) is 25.1 Å². The van der Waals surface area contributed by atoms with Crippen molar-refractivity contribution in [2.45, 2.75) is 26.3 Å². The summed E-state index contributed by atoms with van der Waals surface area (Å²) in [5, 5.41) is 3.46. The first kappa shape index (κ1) is 15.1. The standard InChI is InChI=1S/C16H18BrFN2/c1-3-7-20-16(12-8-11(2)9-19-10-12)13-5-4-6-14(18)15(13)17/h4-6,8-10,16,20H,3,7H2,1-2H3. The average molecular weight is 337 g/mol. The Morgan fingerprint density at radius 3 is 2.85 bits per heavy atom. The highest BCUT2D eigenvalue weighted by Gasteiger charge is 2.18. The molecule has 0 aliphatic rings. The maximum atomic E-state index is 13.8. The summed E-state index contributed by atoms with van der Waals surface area (Å²) >= 11 is 3.35. The molecule has 4 heteroatoms. The molecule has 0 aliphatic heterocycles. The smallest absolute Gasteiger partial charge is 0.137 e. The summed E-state index contributed by atoms with van der Waals surface area (Å²) in [5.41, 5.74) is 3.04. The van der Waals surface area contributed by atoms with Gasteiger partial charge in [0.25, 0.3) is 0 Å². The van der Waals surface area contributed by atoms with Crippen LogP contribution in [0.4, 0.5) is 4.39 Å². The predicted octanol–water partition coefficient (Wildman–Crippen LogP) is 4.38. The fourth-order valence-electron chi connectivity index (χ4n) is 2.18. The highest BCUT2D eigenvalue weighted by molar-refractivity contribution is 9.10. The Morgan fingerprint density at radius 2 is 2.15 bits per heavy atom. The normalized spacial score (nSPS) is 12.4. The van der Waals surface area contributed by atoms with Crippen LogP contribution in [-0.4, -0.2) is 11.5 Å². The molecule has 20 heavy (non-hydrogen) atoms. The molecule has 106 valence electrons. The second kappa shape index (κ2) is 6.95. The van der Waals surface area contributed by atoms with E-state index in [0.717, 1.165) is 29.7 Å². The Bertz CT molecular complexity index is 586. The van der Waals surface area contributed by atoms with E-state index in [1.165, 1.54) is 6.07 Å². The van der Waals surface area contributed by atoms with Crippen molar-refractivity contribution in [3.05, 3.63) is 63.6 Å². The van der Waals surface area contributed by atoms with Gasteiger partial charge >= 0.3 is 0 Å². The molecule has 0 saturated heterocycles. The molecule has 1 heterocycles. The number of benzene rings is 1. The van der Waals surface area contributed by atoms with Gasteiger partial charge in [0.05, 0.1) is 10.5 Å². The zero-order chi connectivity index (χ0) is 14.5. The molecule has 1 unspecified atom stereocenters. The second-order valence-electron chi connectivity index (χ2n) is 4.83. The lowest BCUT2D eigenvalue weighted by Crippen LogP contribution is -2.24. The minimum absolute atomic E-state index is 0.0626. The highest BCUT2D eigenvalue weighted by atomic mass is 79.9. The SMILES string of the molecule is CCCNC(c1cncc(C)c1)c1cccc(F)c1Br. The van der Waals surface area contributed by atoms with E-state index < -0.39 is 0 Å². The summed E-state index contributed by atoms with van der Waals surface area (Å²) < 4.78 is 14.3. The minimum atomic E-state index is -0.244. The molecule has 0 amide bonds. The lowest BCUT2D eigenvalue weighted by molar-refractivity contribution is 0.578. The molecule has 0 fully saturated rings. The minimum Gasteiger partial charge on any atom is -0.306 e. The summed E-state index contributed by atoms with van der Waals surface area (Å²) in [5.74, 6) is -0.244. The Morgan fingerprint density at radius 1 is 1.35 bits per heavy atom. The number of hydrogen-bond donors (Lipinski definition) is 1. The number of rotatable bonds is 5. The van der Waals surface area contributed by atoms with Crippen LogP contribution >= 0.6 is 15.9 Å². The van der Waals surface area contributed by atoms with E-state index >= 15 is 0 Å². The van der Waals surface area contributed by atoms with Gasteiger partial charge in [0, 0.05) is 12.4 Å². The molecule has 1 N–H and O–H groups in total. The molecule has 2 aromatic rings. The first-order valence-corrected chi connectivity index (χ1v) is 7.51. The first-order chi connectivity index (χ1) is 9.63. The number of halogens is 2. The second-order valence-corrected chi connectivity index (χ2v) is 5.62. The Balaban J connectivity index is 2.44. The van der Waals surface area contributed by atoms with Gasteiger partial charge in [0.2, 0.25) is 0 Å². The third kappa shape index (κ3) is 3.44. The maximum absolute atomic E-state index is 13.8. The monoisotopic (exact) mass is 336 g/mol. The van der Waals surface area contributed by atoms with E-state index in [1.807, 2.05) is 25.4 Å². The van der Waals surface area contributed by atoms with Gasteiger partial charge in [-0.25, -0.2) is 4.39 Å². The van der Waals surface area contributed by atoms with Crippen LogP contribution in [0.25, 0.3) is 0 Å². The molecule has 1 aromatic carbocycles. The van der Waals surface area contributed by atoms with Crippen molar-refractivity contribution in [3.63, 3.8) is 0 Å². The van der Waals surface area contributed by atoms with Crippen LogP contribution in [0.2, 0.25) is 0 Å². The summed E-state index contributed by atoms with van der Waals surface area (Å²) in [6.45, 7) is 4.98. The van der Waals surface area contributed by atoms with Gasteiger partial charge in [-0.15, -0.1) is 0 Å².